The van der Waals surface area contributed by atoms with Crippen LogP contribution in [0.15, 0.2) is 24.3 Å². The number of amides is 1. The minimum Gasteiger partial charge on any atom is -0.478 e. The Balaban J connectivity index is 1.80. The summed E-state index contributed by atoms with van der Waals surface area (Å²) in [6, 6.07) is 6.76. The molecule has 0 bridgehead atoms. The van der Waals surface area contributed by atoms with Gasteiger partial charge in [-0.15, -0.1) is 0 Å². The van der Waals surface area contributed by atoms with Crippen molar-refractivity contribution in [3.05, 3.63) is 35.4 Å². The predicted octanol–water partition coefficient (Wildman–Crippen LogP) is 1.08. The number of carbonyl (C=O) groups excluding carboxylic acids is 1. The van der Waals surface area contributed by atoms with E-state index < -0.39 is 5.97 Å². The third kappa shape index (κ3) is 3.79. The van der Waals surface area contributed by atoms with Gasteiger partial charge in [-0.1, -0.05) is 12.1 Å². The molecule has 1 fully saturated rings. The molecule has 0 aliphatic carbocycles. The molecule has 1 atom stereocenters. The van der Waals surface area contributed by atoms with Crippen LogP contribution in [-0.4, -0.2) is 36.7 Å². The largest absolute Gasteiger partial charge is 0.478 e. The van der Waals surface area contributed by atoms with Gasteiger partial charge in [0, 0.05) is 13.2 Å². The zero-order valence-corrected chi connectivity index (χ0v) is 10.6. The zero-order valence-electron chi connectivity index (χ0n) is 10.6. The highest BCUT2D eigenvalue weighted by molar-refractivity contribution is 5.87. The smallest absolute Gasteiger partial charge is 0.335 e. The highest BCUT2D eigenvalue weighted by Crippen LogP contribution is 2.12. The van der Waals surface area contributed by atoms with Gasteiger partial charge in [0.2, 0.25) is 5.91 Å². The van der Waals surface area contributed by atoms with Crippen LogP contribution in [0.1, 0.15) is 22.3 Å². The number of nitrogens with one attached hydrogen (secondary N) is 1. The number of hydrogen-bond donors (Lipinski definition) is 2. The van der Waals surface area contributed by atoms with Gasteiger partial charge in [-0.2, -0.15) is 0 Å². The lowest BCUT2D eigenvalue weighted by atomic mass is 10.1. The van der Waals surface area contributed by atoms with Crippen molar-refractivity contribution in [2.75, 3.05) is 19.8 Å². The van der Waals surface area contributed by atoms with E-state index in [4.69, 9.17) is 9.84 Å². The van der Waals surface area contributed by atoms with Gasteiger partial charge in [0.05, 0.1) is 18.1 Å². The van der Waals surface area contributed by atoms with Gasteiger partial charge in [-0.3, -0.25) is 4.79 Å². The fraction of sp³-hybridized carbons (Fsp3) is 0.429. The summed E-state index contributed by atoms with van der Waals surface area (Å²) in [4.78, 5) is 22.6. The molecule has 0 unspecified atom stereocenters. The molecule has 0 saturated carbocycles. The SMILES string of the molecule is O=C(O)c1cccc(CCNC(=O)[C@H]2CCOC2)c1. The van der Waals surface area contributed by atoms with Gasteiger partial charge in [0.25, 0.3) is 0 Å². The third-order valence-corrected chi connectivity index (χ3v) is 3.19. The van der Waals surface area contributed by atoms with E-state index in [1.54, 1.807) is 18.2 Å². The first-order valence-corrected chi connectivity index (χ1v) is 6.34. The minimum atomic E-state index is -0.936. The normalized spacial score (nSPS) is 18.2. The molecule has 1 aliphatic heterocycles. The highest BCUT2D eigenvalue weighted by Gasteiger charge is 2.22. The van der Waals surface area contributed by atoms with Crippen molar-refractivity contribution in [3.8, 4) is 0 Å². The van der Waals surface area contributed by atoms with E-state index in [2.05, 4.69) is 5.32 Å². The van der Waals surface area contributed by atoms with Gasteiger partial charge in [-0.05, 0) is 30.5 Å². The van der Waals surface area contributed by atoms with Crippen molar-refractivity contribution in [2.45, 2.75) is 12.8 Å². The number of hydrogen-bond acceptors (Lipinski definition) is 3. The van der Waals surface area contributed by atoms with E-state index >= 15 is 0 Å². The zero-order chi connectivity index (χ0) is 13.7. The number of carboxylic acids is 1. The van der Waals surface area contributed by atoms with Crippen molar-refractivity contribution >= 4 is 11.9 Å². The lowest BCUT2D eigenvalue weighted by Gasteiger charge is -2.09. The van der Waals surface area contributed by atoms with E-state index in [9.17, 15) is 9.59 Å². The van der Waals surface area contributed by atoms with Crippen molar-refractivity contribution < 1.29 is 19.4 Å². The Morgan fingerprint density at radius 1 is 1.42 bits per heavy atom. The standard InChI is InChI=1S/C14H17NO4/c16-13(12-5-7-19-9-12)15-6-4-10-2-1-3-11(8-10)14(17)18/h1-3,8,12H,4-7,9H2,(H,15,16)(H,17,18)/t12-/m0/s1. The van der Waals surface area contributed by atoms with Crippen molar-refractivity contribution in [1.82, 2.24) is 5.32 Å². The van der Waals surface area contributed by atoms with E-state index in [-0.39, 0.29) is 17.4 Å². The van der Waals surface area contributed by atoms with E-state index in [1.165, 1.54) is 0 Å². The second-order valence-electron chi connectivity index (χ2n) is 4.61. The molecule has 2 rings (SSSR count). The summed E-state index contributed by atoms with van der Waals surface area (Å²) in [5.41, 5.74) is 1.18. The van der Waals surface area contributed by atoms with Gasteiger partial charge in [0.15, 0.2) is 0 Å². The molecule has 1 saturated heterocycles. The topological polar surface area (TPSA) is 75.6 Å². The second-order valence-corrected chi connectivity index (χ2v) is 4.61. The maximum absolute atomic E-state index is 11.7. The summed E-state index contributed by atoms with van der Waals surface area (Å²) in [6.07, 6.45) is 1.40. The first-order chi connectivity index (χ1) is 9.16. The highest BCUT2D eigenvalue weighted by atomic mass is 16.5. The summed E-state index contributed by atoms with van der Waals surface area (Å²) < 4.78 is 5.16. The Kier molecular flexibility index (Phi) is 4.52. The third-order valence-electron chi connectivity index (χ3n) is 3.19. The van der Waals surface area contributed by atoms with Crippen LogP contribution in [0.5, 0.6) is 0 Å². The Bertz CT molecular complexity index is 466. The Morgan fingerprint density at radius 3 is 2.95 bits per heavy atom. The van der Waals surface area contributed by atoms with Crippen molar-refractivity contribution in [3.63, 3.8) is 0 Å². The fourth-order valence-electron chi connectivity index (χ4n) is 2.08. The molecule has 0 aromatic heterocycles. The quantitative estimate of drug-likeness (QED) is 0.833. The van der Waals surface area contributed by atoms with Crippen molar-refractivity contribution in [2.24, 2.45) is 5.92 Å². The van der Waals surface area contributed by atoms with Crippen molar-refractivity contribution in [1.29, 1.82) is 0 Å². The van der Waals surface area contributed by atoms with Crippen LogP contribution in [-0.2, 0) is 16.0 Å². The summed E-state index contributed by atoms with van der Waals surface area (Å²) in [6.45, 7) is 1.66. The van der Waals surface area contributed by atoms with Crippen LogP contribution in [0.25, 0.3) is 0 Å². The number of carboxylic acid groups (broad SMARTS) is 1. The molecule has 5 heteroatoms. The average molecular weight is 263 g/mol. The fourth-order valence-corrected chi connectivity index (χ4v) is 2.08. The van der Waals surface area contributed by atoms with Crippen LogP contribution in [0, 0.1) is 5.92 Å². The number of aromatic carboxylic acids is 1. The second kappa shape index (κ2) is 6.33. The molecule has 1 aromatic rings. The molecule has 5 nitrogen and oxygen atoms in total. The lowest BCUT2D eigenvalue weighted by molar-refractivity contribution is -0.124. The molecule has 19 heavy (non-hydrogen) atoms. The molecule has 1 heterocycles. The van der Waals surface area contributed by atoms with Gasteiger partial charge in [0.1, 0.15) is 0 Å². The molecule has 102 valence electrons. The number of benzene rings is 1. The van der Waals surface area contributed by atoms with E-state index in [0.717, 1.165) is 12.0 Å². The molecular weight excluding hydrogens is 246 g/mol. The lowest BCUT2D eigenvalue weighted by Crippen LogP contribution is -2.32. The molecule has 1 aromatic carbocycles. The molecule has 1 aliphatic rings. The van der Waals surface area contributed by atoms with Crippen LogP contribution in [0.3, 0.4) is 0 Å². The van der Waals surface area contributed by atoms with Gasteiger partial charge >= 0.3 is 5.97 Å². The summed E-state index contributed by atoms with van der Waals surface area (Å²) in [7, 11) is 0. The van der Waals surface area contributed by atoms with Gasteiger partial charge in [-0.25, -0.2) is 4.79 Å². The first kappa shape index (κ1) is 13.5. The van der Waals surface area contributed by atoms with Crippen LogP contribution in [0.4, 0.5) is 0 Å². The monoisotopic (exact) mass is 263 g/mol. The molecule has 0 spiro atoms. The number of ether oxygens (including phenoxy) is 1. The maximum atomic E-state index is 11.7. The Labute approximate surface area is 111 Å². The Hall–Kier alpha value is -1.88. The predicted molar refractivity (Wildman–Crippen MR) is 69.0 cm³/mol. The average Bonchev–Trinajstić information content (AvgIpc) is 2.93. The molecule has 2 N–H and O–H groups in total. The van der Waals surface area contributed by atoms with E-state index in [0.29, 0.717) is 26.2 Å². The number of carbonyl (C=O) groups is 2. The van der Waals surface area contributed by atoms with E-state index in [1.807, 2.05) is 6.07 Å². The molecular formula is C14H17NO4. The summed E-state index contributed by atoms with van der Waals surface area (Å²) >= 11 is 0. The Morgan fingerprint density at radius 2 is 2.26 bits per heavy atom. The van der Waals surface area contributed by atoms with Crippen LogP contribution >= 0.6 is 0 Å². The molecule has 1 amide bonds. The summed E-state index contributed by atoms with van der Waals surface area (Å²) in [5, 5.41) is 11.7. The first-order valence-electron chi connectivity index (χ1n) is 6.34. The minimum absolute atomic E-state index is 0.0203. The van der Waals surface area contributed by atoms with Crippen LogP contribution < -0.4 is 5.32 Å². The molecule has 0 radical (unpaired) electrons. The van der Waals surface area contributed by atoms with Gasteiger partial charge < -0.3 is 15.2 Å². The summed E-state index contributed by atoms with van der Waals surface area (Å²) in [5.74, 6) is -0.953. The maximum Gasteiger partial charge on any atom is 0.335 e. The van der Waals surface area contributed by atoms with Crippen LogP contribution in [0.2, 0.25) is 0 Å². The number of rotatable bonds is 5.